The average molecular weight is 450 g/mol. The summed E-state index contributed by atoms with van der Waals surface area (Å²) in [4.78, 5) is 7.48. The Morgan fingerprint density at radius 2 is 1.82 bits per heavy atom. The van der Waals surface area contributed by atoms with Gasteiger partial charge in [0.1, 0.15) is 11.6 Å². The Kier molecular flexibility index (Phi) is 8.40. The summed E-state index contributed by atoms with van der Waals surface area (Å²) in [5.74, 6) is 2.73. The fourth-order valence-corrected chi connectivity index (χ4v) is 4.65. The summed E-state index contributed by atoms with van der Waals surface area (Å²) in [5, 5.41) is 0. The van der Waals surface area contributed by atoms with Gasteiger partial charge in [-0.1, -0.05) is 38.1 Å². The first-order valence-corrected chi connectivity index (χ1v) is 12.6. The second-order valence-corrected chi connectivity index (χ2v) is 9.48. The number of aryl methyl sites for hydroxylation is 3. The van der Waals surface area contributed by atoms with Crippen LogP contribution in [-0.4, -0.2) is 53.9 Å². The molecule has 2 aromatic carbocycles. The first kappa shape index (κ1) is 23.8. The van der Waals surface area contributed by atoms with Gasteiger partial charge in [-0.2, -0.15) is 0 Å². The highest BCUT2D eigenvalue weighted by Gasteiger charge is 2.13. The van der Waals surface area contributed by atoms with Crippen LogP contribution in [0.5, 0.6) is 5.75 Å². The molecule has 3 aromatic rings. The number of para-hydroxylation sites is 2. The van der Waals surface area contributed by atoms with Gasteiger partial charge in [0.2, 0.25) is 0 Å². The lowest BCUT2D eigenvalue weighted by atomic mass is 10.0. The van der Waals surface area contributed by atoms with E-state index >= 15 is 0 Å². The predicted octanol–water partition coefficient (Wildman–Crippen LogP) is 5.59. The number of unbranched alkanes of at least 4 members (excludes halogenated alkanes) is 1. The van der Waals surface area contributed by atoms with Gasteiger partial charge >= 0.3 is 0 Å². The van der Waals surface area contributed by atoms with Gasteiger partial charge in [-0.3, -0.25) is 4.90 Å². The van der Waals surface area contributed by atoms with Gasteiger partial charge in [0.25, 0.3) is 0 Å². The van der Waals surface area contributed by atoms with Crippen molar-refractivity contribution in [3.05, 3.63) is 59.4 Å². The van der Waals surface area contributed by atoms with E-state index in [2.05, 4.69) is 72.7 Å². The number of ether oxygens (including phenoxy) is 2. The summed E-state index contributed by atoms with van der Waals surface area (Å²) in [6, 6.07) is 15.1. The van der Waals surface area contributed by atoms with Gasteiger partial charge < -0.3 is 14.0 Å². The van der Waals surface area contributed by atoms with Crippen LogP contribution in [0.3, 0.4) is 0 Å². The second-order valence-electron chi connectivity index (χ2n) is 9.48. The van der Waals surface area contributed by atoms with Crippen LogP contribution in [0.25, 0.3) is 11.0 Å². The van der Waals surface area contributed by atoms with Crippen LogP contribution in [0.2, 0.25) is 0 Å². The highest BCUT2D eigenvalue weighted by Crippen LogP contribution is 2.27. The van der Waals surface area contributed by atoms with Crippen molar-refractivity contribution in [2.45, 2.75) is 58.9 Å². The number of morpholine rings is 1. The zero-order chi connectivity index (χ0) is 23.0. The number of imidazole rings is 1. The molecular weight excluding hydrogens is 410 g/mol. The largest absolute Gasteiger partial charge is 0.493 e. The van der Waals surface area contributed by atoms with Gasteiger partial charge in [-0.15, -0.1) is 0 Å². The molecule has 5 nitrogen and oxygen atoms in total. The Balaban J connectivity index is 1.32. The van der Waals surface area contributed by atoms with Crippen molar-refractivity contribution in [1.82, 2.24) is 14.5 Å². The Morgan fingerprint density at radius 3 is 2.64 bits per heavy atom. The quantitative estimate of drug-likeness (QED) is 0.358. The zero-order valence-electron chi connectivity index (χ0n) is 20.6. The molecule has 1 aliphatic heterocycles. The minimum absolute atomic E-state index is 0.470. The molecule has 0 unspecified atom stereocenters. The summed E-state index contributed by atoms with van der Waals surface area (Å²) in [7, 11) is 0. The lowest BCUT2D eigenvalue weighted by Gasteiger charge is -2.26. The number of nitrogens with zero attached hydrogens (tertiary/aromatic N) is 3. The van der Waals surface area contributed by atoms with E-state index < -0.39 is 0 Å². The third kappa shape index (κ3) is 6.36. The SMILES string of the molecule is Cc1ccc(C(C)C)c(OCCCCn2c(CCCN3CCOCC3)nc3ccccc32)c1. The number of fused-ring (bicyclic) bond motifs is 1. The molecule has 0 bridgehead atoms. The van der Waals surface area contributed by atoms with E-state index in [9.17, 15) is 0 Å². The van der Waals surface area contributed by atoms with Crippen molar-refractivity contribution in [3.8, 4) is 5.75 Å². The molecule has 0 aliphatic carbocycles. The van der Waals surface area contributed by atoms with E-state index in [1.54, 1.807) is 0 Å². The third-order valence-corrected chi connectivity index (χ3v) is 6.54. The highest BCUT2D eigenvalue weighted by atomic mass is 16.5. The lowest BCUT2D eigenvalue weighted by molar-refractivity contribution is 0.0374. The van der Waals surface area contributed by atoms with Gasteiger partial charge in [0.05, 0.1) is 30.9 Å². The topological polar surface area (TPSA) is 39.5 Å². The van der Waals surface area contributed by atoms with Gasteiger partial charge in [-0.05, 0) is 68.0 Å². The highest BCUT2D eigenvalue weighted by molar-refractivity contribution is 5.75. The number of hydrogen-bond donors (Lipinski definition) is 0. The van der Waals surface area contributed by atoms with Crippen molar-refractivity contribution >= 4 is 11.0 Å². The first-order chi connectivity index (χ1) is 16.1. The van der Waals surface area contributed by atoms with Crippen LogP contribution in [0.15, 0.2) is 42.5 Å². The van der Waals surface area contributed by atoms with Gasteiger partial charge in [0.15, 0.2) is 0 Å². The second kappa shape index (κ2) is 11.7. The molecule has 1 saturated heterocycles. The zero-order valence-corrected chi connectivity index (χ0v) is 20.6. The van der Waals surface area contributed by atoms with Crippen LogP contribution < -0.4 is 4.74 Å². The van der Waals surface area contributed by atoms with E-state index in [1.807, 2.05) is 0 Å². The molecule has 178 valence electrons. The summed E-state index contributed by atoms with van der Waals surface area (Å²) in [6.07, 6.45) is 4.27. The summed E-state index contributed by atoms with van der Waals surface area (Å²) in [5.41, 5.74) is 4.90. The van der Waals surface area contributed by atoms with Crippen LogP contribution in [0.4, 0.5) is 0 Å². The first-order valence-electron chi connectivity index (χ1n) is 12.6. The average Bonchev–Trinajstić information content (AvgIpc) is 3.17. The molecule has 0 spiro atoms. The van der Waals surface area contributed by atoms with Crippen molar-refractivity contribution < 1.29 is 9.47 Å². The van der Waals surface area contributed by atoms with Crippen molar-refractivity contribution in [3.63, 3.8) is 0 Å². The minimum Gasteiger partial charge on any atom is -0.493 e. The van der Waals surface area contributed by atoms with Crippen LogP contribution in [0.1, 0.15) is 56.0 Å². The molecule has 0 atom stereocenters. The number of rotatable bonds is 11. The molecule has 2 heterocycles. The van der Waals surface area contributed by atoms with E-state index in [0.717, 1.165) is 82.9 Å². The third-order valence-electron chi connectivity index (χ3n) is 6.54. The fourth-order valence-electron chi connectivity index (χ4n) is 4.65. The van der Waals surface area contributed by atoms with E-state index in [-0.39, 0.29) is 0 Å². The maximum absolute atomic E-state index is 6.21. The molecule has 5 heteroatoms. The predicted molar refractivity (Wildman–Crippen MR) is 135 cm³/mol. The summed E-state index contributed by atoms with van der Waals surface area (Å²) < 4.78 is 14.1. The minimum atomic E-state index is 0.470. The van der Waals surface area contributed by atoms with E-state index in [1.165, 1.54) is 22.5 Å². The summed E-state index contributed by atoms with van der Waals surface area (Å²) >= 11 is 0. The Hall–Kier alpha value is -2.37. The van der Waals surface area contributed by atoms with E-state index in [4.69, 9.17) is 14.5 Å². The van der Waals surface area contributed by atoms with Crippen molar-refractivity contribution in [1.29, 1.82) is 0 Å². The molecule has 1 fully saturated rings. The van der Waals surface area contributed by atoms with Gasteiger partial charge in [0, 0.05) is 26.1 Å². The molecule has 4 rings (SSSR count). The van der Waals surface area contributed by atoms with Crippen LogP contribution >= 0.6 is 0 Å². The Labute approximate surface area is 198 Å². The maximum Gasteiger partial charge on any atom is 0.122 e. The van der Waals surface area contributed by atoms with Gasteiger partial charge in [-0.25, -0.2) is 4.98 Å². The Bertz CT molecular complexity index is 1020. The lowest BCUT2D eigenvalue weighted by Crippen LogP contribution is -2.37. The number of aromatic nitrogens is 2. The monoisotopic (exact) mass is 449 g/mol. The van der Waals surface area contributed by atoms with Crippen molar-refractivity contribution in [2.75, 3.05) is 39.5 Å². The van der Waals surface area contributed by atoms with Crippen LogP contribution in [0, 0.1) is 6.92 Å². The maximum atomic E-state index is 6.21. The molecular formula is C28H39N3O2. The van der Waals surface area contributed by atoms with E-state index in [0.29, 0.717) is 5.92 Å². The molecule has 0 N–H and O–H groups in total. The fraction of sp³-hybridized carbons (Fsp3) is 0.536. The Morgan fingerprint density at radius 1 is 1.00 bits per heavy atom. The summed E-state index contributed by atoms with van der Waals surface area (Å²) in [6.45, 7) is 13.3. The molecule has 33 heavy (non-hydrogen) atoms. The molecule has 0 radical (unpaired) electrons. The normalized spacial score (nSPS) is 14.9. The molecule has 0 amide bonds. The standard InChI is InChI=1S/C28H39N3O2/c1-22(2)24-13-12-23(3)21-27(24)33-18-7-6-15-31-26-10-5-4-9-25(26)29-28(31)11-8-14-30-16-19-32-20-17-30/h4-5,9-10,12-13,21-22H,6-8,11,14-20H2,1-3H3. The molecule has 1 aliphatic rings. The molecule has 0 saturated carbocycles. The van der Waals surface area contributed by atoms with Crippen molar-refractivity contribution in [2.24, 2.45) is 0 Å². The number of hydrogen-bond acceptors (Lipinski definition) is 4. The smallest absolute Gasteiger partial charge is 0.122 e. The van der Waals surface area contributed by atoms with Crippen LogP contribution in [-0.2, 0) is 17.7 Å². The number of benzene rings is 2. The molecule has 1 aromatic heterocycles.